The van der Waals surface area contributed by atoms with Crippen molar-refractivity contribution in [2.24, 2.45) is 0 Å². The van der Waals surface area contributed by atoms with Crippen molar-refractivity contribution < 1.29 is 36.6 Å². The van der Waals surface area contributed by atoms with Crippen LogP contribution in [0, 0.1) is 0 Å². The van der Waals surface area contributed by atoms with E-state index in [9.17, 15) is 18.0 Å². The van der Waals surface area contributed by atoms with Crippen LogP contribution in [0.5, 0.6) is 5.75 Å². The topological polar surface area (TPSA) is 61.1 Å². The minimum Gasteiger partial charge on any atom is -0.493 e. The van der Waals surface area contributed by atoms with E-state index in [-0.39, 0.29) is 25.7 Å². The van der Waals surface area contributed by atoms with Gasteiger partial charge in [0.15, 0.2) is 0 Å². The molecule has 1 aromatic heterocycles. The number of amides is 1. The van der Waals surface area contributed by atoms with Crippen LogP contribution in [0.2, 0.25) is 0 Å². The van der Waals surface area contributed by atoms with Gasteiger partial charge in [-0.1, -0.05) is 0 Å². The number of nitrogens with zero attached hydrogens (tertiary/aromatic N) is 1. The zero-order valence-electron chi connectivity index (χ0n) is 14.0. The van der Waals surface area contributed by atoms with Crippen molar-refractivity contribution in [3.8, 4) is 5.75 Å². The molecule has 1 aliphatic heterocycles. The van der Waals surface area contributed by atoms with Crippen molar-refractivity contribution in [2.75, 3.05) is 31.8 Å². The van der Waals surface area contributed by atoms with E-state index in [1.807, 2.05) is 0 Å². The number of carbonyl (C=O) groups excluding carboxylic acids is 1. The third-order valence-electron chi connectivity index (χ3n) is 3.98. The average molecular weight is 373 g/mol. The lowest BCUT2D eigenvalue weighted by molar-refractivity contribution is -0.136. The second-order valence-electron chi connectivity index (χ2n) is 5.90. The highest BCUT2D eigenvalue weighted by atomic mass is 19.4. The molecule has 2 heterocycles. The van der Waals surface area contributed by atoms with Gasteiger partial charge in [-0.2, -0.15) is 13.2 Å². The van der Waals surface area contributed by atoms with Crippen LogP contribution in [-0.4, -0.2) is 45.2 Å². The first kappa shape index (κ1) is 18.4. The fourth-order valence-electron chi connectivity index (χ4n) is 2.80. The summed E-state index contributed by atoms with van der Waals surface area (Å²) in [6.45, 7) is 0.492. The number of rotatable bonds is 7. The molecule has 1 amide bonds. The maximum absolute atomic E-state index is 12.1. The summed E-state index contributed by atoms with van der Waals surface area (Å²) < 4.78 is 57.4. The number of anilines is 1. The molecule has 1 aliphatic rings. The molecule has 2 aromatic rings. The summed E-state index contributed by atoms with van der Waals surface area (Å²) in [7, 11) is 1.54. The van der Waals surface area contributed by atoms with Gasteiger partial charge in [0.1, 0.15) is 24.2 Å². The lowest BCUT2D eigenvalue weighted by atomic mass is 10.2. The number of fused-ring (bicyclic) bond motifs is 1. The Labute approximate surface area is 147 Å². The number of hydrogen-bond acceptors (Lipinski definition) is 5. The van der Waals surface area contributed by atoms with E-state index in [0.29, 0.717) is 29.0 Å². The summed E-state index contributed by atoms with van der Waals surface area (Å²) in [6, 6.07) is 4.65. The zero-order valence-corrected chi connectivity index (χ0v) is 14.0. The Balaban J connectivity index is 1.72. The first-order valence-corrected chi connectivity index (χ1v) is 8.05. The fraction of sp³-hybridized carbons (Fsp3) is 0.471. The van der Waals surface area contributed by atoms with Crippen molar-refractivity contribution in [2.45, 2.75) is 25.1 Å². The predicted octanol–water partition coefficient (Wildman–Crippen LogP) is 4.13. The molecule has 0 N–H and O–H groups in total. The number of benzene rings is 1. The SMILES string of the molecule is COCC1COC(=O)N1c1coc2cc(OCCCC(F)(F)F)ccc12. The highest BCUT2D eigenvalue weighted by Gasteiger charge is 2.36. The van der Waals surface area contributed by atoms with Gasteiger partial charge in [0.05, 0.1) is 24.9 Å². The van der Waals surface area contributed by atoms with Crippen molar-refractivity contribution in [3.05, 3.63) is 24.5 Å². The van der Waals surface area contributed by atoms with Gasteiger partial charge in [-0.15, -0.1) is 0 Å². The maximum Gasteiger partial charge on any atom is 0.414 e. The van der Waals surface area contributed by atoms with Gasteiger partial charge < -0.3 is 18.6 Å². The van der Waals surface area contributed by atoms with Crippen LogP contribution >= 0.6 is 0 Å². The maximum atomic E-state index is 12.1. The molecule has 1 unspecified atom stereocenters. The molecule has 26 heavy (non-hydrogen) atoms. The fourth-order valence-corrected chi connectivity index (χ4v) is 2.80. The quantitative estimate of drug-likeness (QED) is 0.683. The van der Waals surface area contributed by atoms with E-state index in [2.05, 4.69) is 0 Å². The Morgan fingerprint density at radius 3 is 2.88 bits per heavy atom. The lowest BCUT2D eigenvalue weighted by Crippen LogP contribution is -2.36. The van der Waals surface area contributed by atoms with Gasteiger partial charge in [-0.05, 0) is 18.6 Å². The summed E-state index contributed by atoms with van der Waals surface area (Å²) in [5, 5.41) is 0.674. The molecule has 0 bridgehead atoms. The summed E-state index contributed by atoms with van der Waals surface area (Å²) in [6.07, 6.45) is -4.25. The number of methoxy groups -OCH3 is 1. The highest BCUT2D eigenvalue weighted by molar-refractivity contribution is 6.01. The average Bonchev–Trinajstić information content (AvgIpc) is 3.14. The standard InChI is InChI=1S/C17H18F3NO5/c1-23-8-11-9-26-16(22)21(11)14-10-25-15-7-12(3-4-13(14)15)24-6-2-5-17(18,19)20/h3-4,7,10-11H,2,5-6,8-9H2,1H3. The molecule has 1 saturated heterocycles. The molecule has 6 nitrogen and oxygen atoms in total. The molecule has 9 heteroatoms. The van der Waals surface area contributed by atoms with E-state index in [1.165, 1.54) is 18.3 Å². The Bertz CT molecular complexity index is 773. The third-order valence-corrected chi connectivity index (χ3v) is 3.98. The van der Waals surface area contributed by atoms with Crippen LogP contribution in [-0.2, 0) is 9.47 Å². The van der Waals surface area contributed by atoms with Crippen LogP contribution in [0.1, 0.15) is 12.8 Å². The van der Waals surface area contributed by atoms with Gasteiger partial charge in [0, 0.05) is 25.0 Å². The second-order valence-corrected chi connectivity index (χ2v) is 5.90. The van der Waals surface area contributed by atoms with E-state index in [0.717, 1.165) is 0 Å². The molecular formula is C17H18F3NO5. The minimum atomic E-state index is -4.19. The summed E-state index contributed by atoms with van der Waals surface area (Å²) in [5.41, 5.74) is 1.01. The van der Waals surface area contributed by atoms with Crippen molar-refractivity contribution in [3.63, 3.8) is 0 Å². The molecule has 142 valence electrons. The number of ether oxygens (including phenoxy) is 3. The monoisotopic (exact) mass is 373 g/mol. The molecule has 0 aliphatic carbocycles. The summed E-state index contributed by atoms with van der Waals surface area (Å²) >= 11 is 0. The Kier molecular flexibility index (Phi) is 5.26. The zero-order chi connectivity index (χ0) is 18.7. The summed E-state index contributed by atoms with van der Waals surface area (Å²) in [5.74, 6) is 0.401. The molecule has 3 rings (SSSR count). The van der Waals surface area contributed by atoms with Crippen LogP contribution in [0.15, 0.2) is 28.9 Å². The predicted molar refractivity (Wildman–Crippen MR) is 86.5 cm³/mol. The van der Waals surface area contributed by atoms with Gasteiger partial charge in [-0.25, -0.2) is 4.79 Å². The number of halogens is 3. The molecule has 0 saturated carbocycles. The summed E-state index contributed by atoms with van der Waals surface area (Å²) in [4.78, 5) is 13.5. The number of alkyl halides is 3. The molecular weight excluding hydrogens is 355 g/mol. The Morgan fingerprint density at radius 2 is 2.15 bits per heavy atom. The van der Waals surface area contributed by atoms with Crippen molar-refractivity contribution in [1.82, 2.24) is 0 Å². The van der Waals surface area contributed by atoms with Crippen LogP contribution in [0.3, 0.4) is 0 Å². The number of carbonyl (C=O) groups is 1. The van der Waals surface area contributed by atoms with E-state index < -0.39 is 18.7 Å². The lowest BCUT2D eigenvalue weighted by Gasteiger charge is -2.19. The first-order valence-electron chi connectivity index (χ1n) is 8.05. The molecule has 1 atom stereocenters. The van der Waals surface area contributed by atoms with Crippen LogP contribution in [0.4, 0.5) is 23.7 Å². The first-order chi connectivity index (χ1) is 12.4. The normalized spacial score (nSPS) is 17.8. The second kappa shape index (κ2) is 7.45. The Hall–Kier alpha value is -2.42. The molecule has 1 aromatic carbocycles. The van der Waals surface area contributed by atoms with E-state index in [4.69, 9.17) is 18.6 Å². The van der Waals surface area contributed by atoms with Gasteiger partial charge >= 0.3 is 12.3 Å². The molecule has 0 spiro atoms. The van der Waals surface area contributed by atoms with Crippen LogP contribution < -0.4 is 9.64 Å². The molecule has 1 fully saturated rings. The third kappa shape index (κ3) is 4.04. The minimum absolute atomic E-state index is 0.0487. The smallest absolute Gasteiger partial charge is 0.414 e. The van der Waals surface area contributed by atoms with E-state index >= 15 is 0 Å². The number of cyclic esters (lactones) is 1. The molecule has 0 radical (unpaired) electrons. The Morgan fingerprint density at radius 1 is 1.35 bits per heavy atom. The van der Waals surface area contributed by atoms with E-state index in [1.54, 1.807) is 18.2 Å². The van der Waals surface area contributed by atoms with Crippen molar-refractivity contribution >= 4 is 22.7 Å². The number of furan rings is 1. The van der Waals surface area contributed by atoms with Gasteiger partial charge in [-0.3, -0.25) is 4.90 Å². The van der Waals surface area contributed by atoms with Gasteiger partial charge in [0.2, 0.25) is 0 Å². The highest BCUT2D eigenvalue weighted by Crippen LogP contribution is 2.35. The number of hydrogen-bond donors (Lipinski definition) is 0. The largest absolute Gasteiger partial charge is 0.493 e. The van der Waals surface area contributed by atoms with Crippen LogP contribution in [0.25, 0.3) is 11.0 Å². The van der Waals surface area contributed by atoms with Gasteiger partial charge in [0.25, 0.3) is 0 Å². The van der Waals surface area contributed by atoms with Crippen molar-refractivity contribution in [1.29, 1.82) is 0 Å².